The summed E-state index contributed by atoms with van der Waals surface area (Å²) in [7, 11) is 0. The van der Waals surface area contributed by atoms with Gasteiger partial charge in [-0.05, 0) is 24.1 Å². The van der Waals surface area contributed by atoms with Crippen molar-refractivity contribution >= 4 is 22.5 Å². The number of nitrogens with zero attached hydrogens (tertiary/aromatic N) is 2. The molecule has 2 aromatic rings. The van der Waals surface area contributed by atoms with Crippen molar-refractivity contribution < 1.29 is 0 Å². The largest absolute Gasteiger partial charge is 0.236 e. The fourth-order valence-corrected chi connectivity index (χ4v) is 1.72. The second kappa shape index (κ2) is 3.93. The van der Waals surface area contributed by atoms with Gasteiger partial charge < -0.3 is 0 Å². The third-order valence-electron chi connectivity index (χ3n) is 2.19. The average Bonchev–Trinajstić information content (AvgIpc) is 2.18. The predicted octanol–water partition coefficient (Wildman–Crippen LogP) is 3.24. The molecule has 0 aliphatic rings. The van der Waals surface area contributed by atoms with Gasteiger partial charge in [0.15, 0.2) is 0 Å². The van der Waals surface area contributed by atoms with E-state index in [2.05, 4.69) is 29.0 Å². The molecule has 0 aliphatic carbocycles. The van der Waals surface area contributed by atoms with Crippen molar-refractivity contribution in [1.29, 1.82) is 0 Å². The molecule has 2 rings (SSSR count). The smallest absolute Gasteiger partial charge is 0.140 e. The molecule has 0 fully saturated rings. The Labute approximate surface area is 88.0 Å². The average molecular weight is 207 g/mol. The summed E-state index contributed by atoms with van der Waals surface area (Å²) in [5, 5.41) is 1.45. The second-order valence-electron chi connectivity index (χ2n) is 3.27. The summed E-state index contributed by atoms with van der Waals surface area (Å²) in [5.74, 6) is 0. The molecule has 2 nitrogen and oxygen atoms in total. The van der Waals surface area contributed by atoms with Crippen molar-refractivity contribution in [3.8, 4) is 0 Å². The molecule has 0 saturated carbocycles. The molecule has 72 valence electrons. The first-order valence-corrected chi connectivity index (χ1v) is 5.08. The predicted molar refractivity (Wildman–Crippen MR) is 58.5 cm³/mol. The van der Waals surface area contributed by atoms with Gasteiger partial charge in [0, 0.05) is 5.39 Å². The van der Waals surface area contributed by atoms with Gasteiger partial charge >= 0.3 is 0 Å². The van der Waals surface area contributed by atoms with Gasteiger partial charge in [-0.1, -0.05) is 31.0 Å². The van der Waals surface area contributed by atoms with E-state index >= 15 is 0 Å². The van der Waals surface area contributed by atoms with E-state index in [-0.39, 0.29) is 0 Å². The number of fused-ring (bicyclic) bond motifs is 1. The molecular weight excluding hydrogens is 196 g/mol. The molecule has 0 amide bonds. The normalized spacial score (nSPS) is 10.7. The third kappa shape index (κ3) is 1.70. The minimum Gasteiger partial charge on any atom is -0.236 e. The number of hydrogen-bond acceptors (Lipinski definition) is 2. The van der Waals surface area contributed by atoms with Gasteiger partial charge in [0.25, 0.3) is 0 Å². The van der Waals surface area contributed by atoms with Gasteiger partial charge in [0.1, 0.15) is 11.5 Å². The van der Waals surface area contributed by atoms with E-state index in [9.17, 15) is 0 Å². The first-order chi connectivity index (χ1) is 6.81. The number of benzene rings is 1. The van der Waals surface area contributed by atoms with E-state index in [0.717, 1.165) is 23.7 Å². The minimum absolute atomic E-state index is 0.526. The monoisotopic (exact) mass is 206 g/mol. The Bertz CT molecular complexity index is 454. The zero-order chi connectivity index (χ0) is 9.97. The molecule has 0 atom stereocenters. The molecule has 1 heterocycles. The van der Waals surface area contributed by atoms with Crippen LogP contribution in [0.25, 0.3) is 10.9 Å². The molecule has 0 N–H and O–H groups in total. The first-order valence-electron chi connectivity index (χ1n) is 4.70. The Kier molecular flexibility index (Phi) is 2.64. The van der Waals surface area contributed by atoms with Crippen LogP contribution in [0, 0.1) is 0 Å². The highest BCUT2D eigenvalue weighted by molar-refractivity contribution is 6.33. The molecule has 0 spiro atoms. The first kappa shape index (κ1) is 9.41. The maximum Gasteiger partial charge on any atom is 0.140 e. The lowest BCUT2D eigenvalue weighted by atomic mass is 10.1. The summed E-state index contributed by atoms with van der Waals surface area (Å²) >= 11 is 5.94. The Morgan fingerprint density at radius 3 is 2.93 bits per heavy atom. The van der Waals surface area contributed by atoms with Crippen molar-refractivity contribution in [3.05, 3.63) is 35.2 Å². The lowest BCUT2D eigenvalue weighted by Gasteiger charge is -2.01. The summed E-state index contributed by atoms with van der Waals surface area (Å²) in [6.07, 6.45) is 3.72. The molecule has 14 heavy (non-hydrogen) atoms. The highest BCUT2D eigenvalue weighted by atomic mass is 35.5. The van der Waals surface area contributed by atoms with Crippen LogP contribution in [0.1, 0.15) is 18.9 Å². The zero-order valence-corrected chi connectivity index (χ0v) is 8.75. The summed E-state index contributed by atoms with van der Waals surface area (Å²) in [6, 6.07) is 6.15. The number of halogens is 1. The van der Waals surface area contributed by atoms with Crippen LogP contribution in [0.15, 0.2) is 24.5 Å². The lowest BCUT2D eigenvalue weighted by molar-refractivity contribution is 0.923. The van der Waals surface area contributed by atoms with Crippen molar-refractivity contribution in [2.24, 2.45) is 0 Å². The zero-order valence-electron chi connectivity index (χ0n) is 8.00. The van der Waals surface area contributed by atoms with Gasteiger partial charge in [-0.15, -0.1) is 0 Å². The Morgan fingerprint density at radius 1 is 1.29 bits per heavy atom. The van der Waals surface area contributed by atoms with E-state index in [1.165, 1.54) is 11.9 Å². The van der Waals surface area contributed by atoms with E-state index < -0.39 is 0 Å². The summed E-state index contributed by atoms with van der Waals surface area (Å²) in [6.45, 7) is 2.16. The third-order valence-corrected chi connectivity index (χ3v) is 2.49. The molecule has 0 saturated heterocycles. The van der Waals surface area contributed by atoms with Crippen LogP contribution < -0.4 is 0 Å². The van der Waals surface area contributed by atoms with Crippen LogP contribution in [0.4, 0.5) is 0 Å². The van der Waals surface area contributed by atoms with Crippen LogP contribution in [0.5, 0.6) is 0 Å². The SMILES string of the molecule is CCCc1ccc2c(Cl)ncnc2c1. The fraction of sp³-hybridized carbons (Fsp3) is 0.273. The van der Waals surface area contributed by atoms with Crippen molar-refractivity contribution in [2.45, 2.75) is 19.8 Å². The highest BCUT2D eigenvalue weighted by Crippen LogP contribution is 2.20. The van der Waals surface area contributed by atoms with Gasteiger partial charge in [-0.25, -0.2) is 9.97 Å². The standard InChI is InChI=1S/C11H11ClN2/c1-2-3-8-4-5-9-10(6-8)13-7-14-11(9)12/h4-7H,2-3H2,1H3. The number of hydrogen-bond donors (Lipinski definition) is 0. The van der Waals surface area contributed by atoms with Crippen LogP contribution in [-0.4, -0.2) is 9.97 Å². The second-order valence-corrected chi connectivity index (χ2v) is 3.62. The van der Waals surface area contributed by atoms with Crippen LogP contribution >= 0.6 is 11.6 Å². The molecule has 1 aromatic heterocycles. The Balaban J connectivity index is 2.56. The molecule has 0 unspecified atom stereocenters. The highest BCUT2D eigenvalue weighted by Gasteiger charge is 2.01. The van der Waals surface area contributed by atoms with E-state index in [0.29, 0.717) is 5.15 Å². The molecule has 0 bridgehead atoms. The maximum absolute atomic E-state index is 5.94. The molecule has 0 aliphatic heterocycles. The fourth-order valence-electron chi connectivity index (χ4n) is 1.51. The van der Waals surface area contributed by atoms with Crippen LogP contribution in [0.2, 0.25) is 5.15 Å². The van der Waals surface area contributed by atoms with Crippen molar-refractivity contribution in [1.82, 2.24) is 9.97 Å². The van der Waals surface area contributed by atoms with E-state index in [1.54, 1.807) is 0 Å². The number of aryl methyl sites for hydroxylation is 1. The lowest BCUT2D eigenvalue weighted by Crippen LogP contribution is -1.87. The van der Waals surface area contributed by atoms with Gasteiger partial charge in [-0.3, -0.25) is 0 Å². The van der Waals surface area contributed by atoms with Crippen LogP contribution in [0.3, 0.4) is 0 Å². The Hall–Kier alpha value is -1.15. The quantitative estimate of drug-likeness (QED) is 0.705. The summed E-state index contributed by atoms with van der Waals surface area (Å²) in [5.41, 5.74) is 2.23. The molecule has 1 aromatic carbocycles. The number of rotatable bonds is 2. The minimum atomic E-state index is 0.526. The maximum atomic E-state index is 5.94. The molecule has 0 radical (unpaired) electrons. The van der Waals surface area contributed by atoms with Gasteiger partial charge in [0.2, 0.25) is 0 Å². The topological polar surface area (TPSA) is 25.8 Å². The van der Waals surface area contributed by atoms with E-state index in [4.69, 9.17) is 11.6 Å². The van der Waals surface area contributed by atoms with Crippen LogP contribution in [-0.2, 0) is 6.42 Å². The van der Waals surface area contributed by atoms with E-state index in [1.807, 2.05) is 6.07 Å². The summed E-state index contributed by atoms with van der Waals surface area (Å²) < 4.78 is 0. The van der Waals surface area contributed by atoms with Gasteiger partial charge in [-0.2, -0.15) is 0 Å². The van der Waals surface area contributed by atoms with Gasteiger partial charge in [0.05, 0.1) is 5.52 Å². The summed E-state index contributed by atoms with van der Waals surface area (Å²) in [4.78, 5) is 8.13. The number of aromatic nitrogens is 2. The Morgan fingerprint density at radius 2 is 2.14 bits per heavy atom. The van der Waals surface area contributed by atoms with Crippen molar-refractivity contribution in [3.63, 3.8) is 0 Å². The molecule has 3 heteroatoms. The van der Waals surface area contributed by atoms with Crippen molar-refractivity contribution in [2.75, 3.05) is 0 Å². The molecular formula is C11H11ClN2.